The number of carbonyl (C=O) groups excluding carboxylic acids is 1. The molecule has 1 amide bonds. The number of hydrogen-bond donors (Lipinski definition) is 2. The van der Waals surface area contributed by atoms with Crippen molar-refractivity contribution in [2.75, 3.05) is 6.54 Å². The van der Waals surface area contributed by atoms with Crippen molar-refractivity contribution < 1.29 is 18.0 Å². The fraction of sp³-hybridized carbons (Fsp3) is 0.250. The van der Waals surface area contributed by atoms with E-state index in [1.807, 2.05) is 0 Å². The summed E-state index contributed by atoms with van der Waals surface area (Å²) in [7, 11) is 1.76. The van der Waals surface area contributed by atoms with Gasteiger partial charge in [-0.3, -0.25) is 4.79 Å². The van der Waals surface area contributed by atoms with Gasteiger partial charge >= 0.3 is 6.18 Å². The fourth-order valence-corrected chi connectivity index (χ4v) is 3.03. The summed E-state index contributed by atoms with van der Waals surface area (Å²) in [6.07, 6.45) is -3.05. The van der Waals surface area contributed by atoms with Crippen LogP contribution in [0.5, 0.6) is 0 Å². The molecule has 0 spiro atoms. The molecular formula is C20H20F3N5O. The first-order valence-electron chi connectivity index (χ1n) is 8.90. The number of carbonyl (C=O) groups is 1. The van der Waals surface area contributed by atoms with E-state index < -0.39 is 23.7 Å². The highest BCUT2D eigenvalue weighted by atomic mass is 19.4. The zero-order chi connectivity index (χ0) is 21.0. The Kier molecular flexibility index (Phi) is 5.97. The van der Waals surface area contributed by atoms with Crippen LogP contribution in [0.2, 0.25) is 0 Å². The zero-order valence-electron chi connectivity index (χ0n) is 15.6. The van der Waals surface area contributed by atoms with Crippen molar-refractivity contribution in [2.45, 2.75) is 18.6 Å². The summed E-state index contributed by atoms with van der Waals surface area (Å²) in [5.41, 5.74) is 6.23. The number of aryl methyl sites for hydroxylation is 1. The van der Waals surface area contributed by atoms with Gasteiger partial charge in [0.1, 0.15) is 6.33 Å². The van der Waals surface area contributed by atoms with E-state index in [1.54, 1.807) is 36.0 Å². The van der Waals surface area contributed by atoms with Crippen molar-refractivity contribution in [3.8, 4) is 11.4 Å². The molecule has 152 valence electrons. The van der Waals surface area contributed by atoms with Crippen LogP contribution in [-0.2, 0) is 19.6 Å². The van der Waals surface area contributed by atoms with Gasteiger partial charge in [0, 0.05) is 30.8 Å². The highest BCUT2D eigenvalue weighted by Gasteiger charge is 2.33. The summed E-state index contributed by atoms with van der Waals surface area (Å²) in [6.45, 7) is 0.00888. The lowest BCUT2D eigenvalue weighted by Gasteiger charge is -2.20. The van der Waals surface area contributed by atoms with Gasteiger partial charge < -0.3 is 11.1 Å². The molecule has 0 radical (unpaired) electrons. The molecule has 0 bridgehead atoms. The van der Waals surface area contributed by atoms with Crippen molar-refractivity contribution in [3.63, 3.8) is 0 Å². The van der Waals surface area contributed by atoms with Gasteiger partial charge in [0.05, 0.1) is 5.56 Å². The van der Waals surface area contributed by atoms with Gasteiger partial charge in [0.25, 0.3) is 5.91 Å². The second-order valence-electron chi connectivity index (χ2n) is 6.55. The number of amides is 1. The third kappa shape index (κ3) is 4.80. The van der Waals surface area contributed by atoms with Crippen molar-refractivity contribution in [3.05, 3.63) is 71.5 Å². The number of hydrogen-bond acceptors (Lipinski definition) is 4. The third-order valence-corrected chi connectivity index (χ3v) is 4.53. The van der Waals surface area contributed by atoms with E-state index in [2.05, 4.69) is 15.4 Å². The number of rotatable bonds is 6. The minimum atomic E-state index is -4.46. The molecule has 1 aromatic heterocycles. The molecule has 0 aliphatic carbocycles. The number of benzene rings is 2. The van der Waals surface area contributed by atoms with Crippen molar-refractivity contribution in [1.29, 1.82) is 0 Å². The summed E-state index contributed by atoms with van der Waals surface area (Å²) in [6, 6.07) is 11.4. The molecule has 0 aliphatic heterocycles. The molecule has 6 nitrogen and oxygen atoms in total. The summed E-state index contributed by atoms with van der Waals surface area (Å²) >= 11 is 0. The molecule has 3 rings (SSSR count). The van der Waals surface area contributed by atoms with Gasteiger partial charge in [-0.1, -0.05) is 30.3 Å². The van der Waals surface area contributed by atoms with Gasteiger partial charge in [0.2, 0.25) is 0 Å². The Morgan fingerprint density at radius 2 is 1.86 bits per heavy atom. The first kappa shape index (κ1) is 20.5. The maximum atomic E-state index is 13.2. The maximum Gasteiger partial charge on any atom is 0.416 e. The van der Waals surface area contributed by atoms with Crippen LogP contribution in [0.15, 0.2) is 54.9 Å². The van der Waals surface area contributed by atoms with E-state index >= 15 is 0 Å². The summed E-state index contributed by atoms with van der Waals surface area (Å²) < 4.78 is 41.2. The second kappa shape index (κ2) is 8.44. The van der Waals surface area contributed by atoms with E-state index in [0.717, 1.165) is 11.6 Å². The molecule has 3 N–H and O–H groups in total. The summed E-state index contributed by atoms with van der Waals surface area (Å²) in [5.74, 6) is 0.245. The van der Waals surface area contributed by atoms with Crippen LogP contribution >= 0.6 is 0 Å². The van der Waals surface area contributed by atoms with Crippen LogP contribution < -0.4 is 11.1 Å². The molecular weight excluding hydrogens is 383 g/mol. The highest BCUT2D eigenvalue weighted by Crippen LogP contribution is 2.32. The molecule has 1 heterocycles. The topological polar surface area (TPSA) is 85.8 Å². The van der Waals surface area contributed by atoms with Crippen molar-refractivity contribution >= 4 is 5.91 Å². The van der Waals surface area contributed by atoms with Crippen LogP contribution in [-0.4, -0.2) is 33.3 Å². The lowest BCUT2D eigenvalue weighted by atomic mass is 9.99. The monoisotopic (exact) mass is 403 g/mol. The second-order valence-corrected chi connectivity index (χ2v) is 6.55. The van der Waals surface area contributed by atoms with Gasteiger partial charge in [0.15, 0.2) is 5.82 Å². The predicted octanol–water partition coefficient (Wildman–Crippen LogP) is 2.80. The number of nitrogens with two attached hydrogens (primary N) is 1. The Balaban J connectivity index is 1.72. The van der Waals surface area contributed by atoms with Crippen LogP contribution in [0, 0.1) is 0 Å². The van der Waals surface area contributed by atoms with E-state index in [4.69, 9.17) is 5.73 Å². The van der Waals surface area contributed by atoms with E-state index in [1.165, 1.54) is 24.5 Å². The Morgan fingerprint density at radius 1 is 1.17 bits per heavy atom. The van der Waals surface area contributed by atoms with Crippen LogP contribution in [0.1, 0.15) is 21.5 Å². The predicted molar refractivity (Wildman–Crippen MR) is 102 cm³/mol. The molecule has 0 saturated heterocycles. The average Bonchev–Trinajstić information content (AvgIpc) is 3.13. The van der Waals surface area contributed by atoms with E-state index in [0.29, 0.717) is 11.4 Å². The highest BCUT2D eigenvalue weighted by molar-refractivity contribution is 5.94. The zero-order valence-corrected chi connectivity index (χ0v) is 15.6. The molecule has 0 unspecified atom stereocenters. The lowest BCUT2D eigenvalue weighted by molar-refractivity contribution is -0.138. The molecule has 1 atom stereocenters. The van der Waals surface area contributed by atoms with Gasteiger partial charge in [-0.15, -0.1) is 0 Å². The summed E-state index contributed by atoms with van der Waals surface area (Å²) in [4.78, 5) is 16.7. The minimum Gasteiger partial charge on any atom is -0.348 e. The normalized spacial score (nSPS) is 12.6. The standard InChI is InChI=1S/C20H20F3N5O/c1-28-18(25-12-26-28)13-6-8-14(9-7-13)19(29)27-16(11-24)10-15-4-2-3-5-17(15)20(21,22)23/h2-9,12,16H,10-11,24H2,1H3,(H,27,29)/t16-/m1/s1. The molecule has 0 saturated carbocycles. The molecule has 2 aromatic carbocycles. The van der Waals surface area contributed by atoms with Gasteiger partial charge in [-0.05, 0) is 30.2 Å². The Bertz CT molecular complexity index is 982. The van der Waals surface area contributed by atoms with E-state index in [-0.39, 0.29) is 18.5 Å². The molecule has 29 heavy (non-hydrogen) atoms. The SMILES string of the molecule is Cn1ncnc1-c1ccc(C(=O)N[C@@H](CN)Cc2ccccc2C(F)(F)F)cc1. The van der Waals surface area contributed by atoms with Gasteiger partial charge in [-0.25, -0.2) is 9.67 Å². The molecule has 9 heteroatoms. The largest absolute Gasteiger partial charge is 0.416 e. The minimum absolute atomic E-state index is 0.00888. The van der Waals surface area contributed by atoms with E-state index in [9.17, 15) is 18.0 Å². The number of nitrogens with zero attached hydrogens (tertiary/aromatic N) is 3. The first-order chi connectivity index (χ1) is 13.8. The first-order valence-corrected chi connectivity index (χ1v) is 8.90. The Morgan fingerprint density at radius 3 is 2.45 bits per heavy atom. The average molecular weight is 403 g/mol. The molecule has 0 aliphatic rings. The van der Waals surface area contributed by atoms with Crippen LogP contribution in [0.4, 0.5) is 13.2 Å². The summed E-state index contributed by atoms with van der Waals surface area (Å²) in [5, 5.41) is 6.71. The third-order valence-electron chi connectivity index (χ3n) is 4.53. The Labute approximate surface area is 165 Å². The van der Waals surface area contributed by atoms with Gasteiger partial charge in [-0.2, -0.15) is 18.3 Å². The number of aromatic nitrogens is 3. The number of alkyl halides is 3. The molecule has 0 fully saturated rings. The van der Waals surface area contributed by atoms with Crippen LogP contribution in [0.25, 0.3) is 11.4 Å². The maximum absolute atomic E-state index is 13.2. The smallest absolute Gasteiger partial charge is 0.348 e. The number of halogens is 3. The quantitative estimate of drug-likeness (QED) is 0.663. The molecule has 3 aromatic rings. The fourth-order valence-electron chi connectivity index (χ4n) is 3.03. The van der Waals surface area contributed by atoms with Crippen molar-refractivity contribution in [1.82, 2.24) is 20.1 Å². The van der Waals surface area contributed by atoms with Crippen molar-refractivity contribution in [2.24, 2.45) is 12.8 Å². The van der Waals surface area contributed by atoms with Crippen LogP contribution in [0.3, 0.4) is 0 Å². The number of nitrogens with one attached hydrogen (secondary N) is 1. The Hall–Kier alpha value is -3.20. The lowest BCUT2D eigenvalue weighted by Crippen LogP contribution is -2.42.